The van der Waals surface area contributed by atoms with Crippen LogP contribution in [-0.2, 0) is 6.54 Å². The molecule has 19 heavy (non-hydrogen) atoms. The molecule has 0 radical (unpaired) electrons. The molecule has 2 aromatic rings. The summed E-state index contributed by atoms with van der Waals surface area (Å²) in [4.78, 5) is 5.35. The van der Waals surface area contributed by atoms with Crippen LogP contribution < -0.4 is 5.32 Å². The van der Waals surface area contributed by atoms with Gasteiger partial charge in [-0.25, -0.2) is 4.98 Å². The van der Waals surface area contributed by atoms with Crippen LogP contribution in [-0.4, -0.2) is 23.2 Å². The van der Waals surface area contributed by atoms with Crippen molar-refractivity contribution in [1.29, 1.82) is 0 Å². The molecular formula is C14H19ClN2OS. The maximum Gasteiger partial charge on any atom is 0.146 e. The van der Waals surface area contributed by atoms with Gasteiger partial charge in [-0.15, -0.1) is 11.3 Å². The van der Waals surface area contributed by atoms with Crippen LogP contribution in [0.2, 0.25) is 5.15 Å². The molecule has 2 heterocycles. The molecule has 0 unspecified atom stereocenters. The molecule has 0 saturated carbocycles. The van der Waals surface area contributed by atoms with Gasteiger partial charge in [0.25, 0.3) is 0 Å². The fraction of sp³-hybridized carbons (Fsp3) is 0.500. The Balaban J connectivity index is 1.97. The Morgan fingerprint density at radius 2 is 2.26 bits per heavy atom. The Morgan fingerprint density at radius 1 is 1.47 bits per heavy atom. The number of hydrogen-bond acceptors (Lipinski definition) is 4. The van der Waals surface area contributed by atoms with Crippen molar-refractivity contribution in [3.8, 4) is 0 Å². The quantitative estimate of drug-likeness (QED) is 0.803. The van der Waals surface area contributed by atoms with Crippen LogP contribution in [0, 0.1) is 5.41 Å². The summed E-state index contributed by atoms with van der Waals surface area (Å²) in [7, 11) is 0. The second-order valence-electron chi connectivity index (χ2n) is 5.47. The molecule has 2 rings (SSSR count). The summed E-state index contributed by atoms with van der Waals surface area (Å²) >= 11 is 7.75. The number of halogens is 1. The zero-order valence-electron chi connectivity index (χ0n) is 11.2. The molecule has 0 aromatic carbocycles. The molecule has 0 bridgehead atoms. The van der Waals surface area contributed by atoms with Gasteiger partial charge in [0.2, 0.25) is 0 Å². The first-order valence-corrected chi connectivity index (χ1v) is 7.56. The van der Waals surface area contributed by atoms with E-state index in [1.807, 2.05) is 6.07 Å². The maximum absolute atomic E-state index is 9.00. The summed E-state index contributed by atoms with van der Waals surface area (Å²) in [6.07, 6.45) is 2.54. The van der Waals surface area contributed by atoms with E-state index in [-0.39, 0.29) is 12.0 Å². The largest absolute Gasteiger partial charge is 0.396 e. The lowest BCUT2D eigenvalue weighted by Gasteiger charge is -2.23. The van der Waals surface area contributed by atoms with E-state index in [4.69, 9.17) is 16.7 Å². The molecule has 0 spiro atoms. The van der Waals surface area contributed by atoms with Crippen LogP contribution in [0.1, 0.15) is 25.1 Å². The fourth-order valence-electron chi connectivity index (χ4n) is 1.99. The molecule has 104 valence electrons. The summed E-state index contributed by atoms with van der Waals surface area (Å²) in [5, 5.41) is 14.2. The standard InChI is InChI=1S/C14H19ClN2OS/c1-14(2,4-6-18)9-16-8-11-7-10-3-5-17-13(15)12(10)19-11/h3,5,7,16,18H,4,6,8-9H2,1-2H3. The molecule has 0 aliphatic carbocycles. The Hall–Kier alpha value is -0.680. The fourth-order valence-corrected chi connectivity index (χ4v) is 3.27. The highest BCUT2D eigenvalue weighted by atomic mass is 35.5. The number of aromatic nitrogens is 1. The molecular weight excluding hydrogens is 280 g/mol. The SMILES string of the molecule is CC(C)(CCO)CNCc1cc2ccnc(Cl)c2s1. The van der Waals surface area contributed by atoms with Gasteiger partial charge in [-0.3, -0.25) is 0 Å². The third-order valence-electron chi connectivity index (χ3n) is 3.13. The normalized spacial score (nSPS) is 12.2. The van der Waals surface area contributed by atoms with Crippen LogP contribution in [0.5, 0.6) is 0 Å². The topological polar surface area (TPSA) is 45.1 Å². The van der Waals surface area contributed by atoms with Gasteiger partial charge in [0.1, 0.15) is 5.15 Å². The zero-order valence-corrected chi connectivity index (χ0v) is 12.8. The third kappa shape index (κ3) is 3.89. The molecule has 0 amide bonds. The van der Waals surface area contributed by atoms with Crippen molar-refractivity contribution in [3.63, 3.8) is 0 Å². The van der Waals surface area contributed by atoms with E-state index < -0.39 is 0 Å². The molecule has 0 atom stereocenters. The van der Waals surface area contributed by atoms with Crippen molar-refractivity contribution >= 4 is 33.0 Å². The van der Waals surface area contributed by atoms with Gasteiger partial charge in [0, 0.05) is 30.8 Å². The molecule has 3 nitrogen and oxygen atoms in total. The highest BCUT2D eigenvalue weighted by molar-refractivity contribution is 7.19. The first-order chi connectivity index (χ1) is 9.02. The monoisotopic (exact) mass is 298 g/mol. The van der Waals surface area contributed by atoms with E-state index in [2.05, 4.69) is 30.2 Å². The van der Waals surface area contributed by atoms with Crippen molar-refractivity contribution < 1.29 is 5.11 Å². The highest BCUT2D eigenvalue weighted by Gasteiger charge is 2.16. The van der Waals surface area contributed by atoms with Crippen molar-refractivity contribution in [2.45, 2.75) is 26.8 Å². The predicted octanol–water partition coefficient (Wildman–Crippen LogP) is 3.45. The number of rotatable bonds is 6. The number of nitrogens with one attached hydrogen (secondary N) is 1. The number of aliphatic hydroxyl groups is 1. The Kier molecular flexibility index (Phi) is 4.79. The number of fused-ring (bicyclic) bond motifs is 1. The minimum Gasteiger partial charge on any atom is -0.396 e. The van der Waals surface area contributed by atoms with Crippen molar-refractivity contribution in [3.05, 3.63) is 28.4 Å². The first kappa shape index (κ1) is 14.7. The summed E-state index contributed by atoms with van der Waals surface area (Å²) in [6.45, 7) is 6.25. The molecule has 0 aliphatic heterocycles. The van der Waals surface area contributed by atoms with Gasteiger partial charge < -0.3 is 10.4 Å². The predicted molar refractivity (Wildman–Crippen MR) is 81.8 cm³/mol. The summed E-state index contributed by atoms with van der Waals surface area (Å²) < 4.78 is 1.05. The number of aliphatic hydroxyl groups excluding tert-OH is 1. The van der Waals surface area contributed by atoms with Gasteiger partial charge in [0.05, 0.1) is 4.70 Å². The van der Waals surface area contributed by atoms with E-state index >= 15 is 0 Å². The minimum absolute atomic E-state index is 0.116. The average molecular weight is 299 g/mol. The van der Waals surface area contributed by atoms with Crippen molar-refractivity contribution in [2.24, 2.45) is 5.41 Å². The van der Waals surface area contributed by atoms with Gasteiger partial charge >= 0.3 is 0 Å². The molecule has 0 fully saturated rings. The van der Waals surface area contributed by atoms with Gasteiger partial charge in [-0.1, -0.05) is 25.4 Å². The van der Waals surface area contributed by atoms with Crippen LogP contribution in [0.25, 0.3) is 10.1 Å². The molecule has 0 aliphatic rings. The number of nitrogens with zero attached hydrogens (tertiary/aromatic N) is 1. The highest BCUT2D eigenvalue weighted by Crippen LogP contribution is 2.30. The van der Waals surface area contributed by atoms with E-state index in [0.717, 1.165) is 29.6 Å². The second kappa shape index (κ2) is 6.18. The molecule has 2 aromatic heterocycles. The lowest BCUT2D eigenvalue weighted by atomic mass is 9.90. The molecule has 2 N–H and O–H groups in total. The van der Waals surface area contributed by atoms with E-state index in [1.165, 1.54) is 4.88 Å². The van der Waals surface area contributed by atoms with Crippen LogP contribution in [0.3, 0.4) is 0 Å². The lowest BCUT2D eigenvalue weighted by molar-refractivity contribution is 0.207. The Morgan fingerprint density at radius 3 is 2.95 bits per heavy atom. The second-order valence-corrected chi connectivity index (χ2v) is 6.97. The first-order valence-electron chi connectivity index (χ1n) is 6.36. The number of hydrogen-bond donors (Lipinski definition) is 2. The summed E-state index contributed by atoms with van der Waals surface area (Å²) in [5.41, 5.74) is 0.116. The van der Waals surface area contributed by atoms with Crippen LogP contribution >= 0.6 is 22.9 Å². The average Bonchev–Trinajstić information content (AvgIpc) is 2.73. The molecule has 0 saturated heterocycles. The van der Waals surface area contributed by atoms with Gasteiger partial charge in [0.15, 0.2) is 0 Å². The molecule has 5 heteroatoms. The van der Waals surface area contributed by atoms with Crippen LogP contribution in [0.4, 0.5) is 0 Å². The lowest BCUT2D eigenvalue weighted by Crippen LogP contribution is -2.29. The number of pyridine rings is 1. The summed E-state index contributed by atoms with van der Waals surface area (Å²) in [6, 6.07) is 4.14. The van der Waals surface area contributed by atoms with Crippen molar-refractivity contribution in [1.82, 2.24) is 10.3 Å². The Labute approximate surface area is 122 Å². The van der Waals surface area contributed by atoms with Gasteiger partial charge in [-0.2, -0.15) is 0 Å². The smallest absolute Gasteiger partial charge is 0.146 e. The minimum atomic E-state index is 0.116. The van der Waals surface area contributed by atoms with E-state index in [9.17, 15) is 0 Å². The van der Waals surface area contributed by atoms with Crippen molar-refractivity contribution in [2.75, 3.05) is 13.2 Å². The summed E-state index contributed by atoms with van der Waals surface area (Å²) in [5.74, 6) is 0. The van der Waals surface area contributed by atoms with Gasteiger partial charge in [-0.05, 0) is 29.4 Å². The Bertz CT molecular complexity index is 553. The van der Waals surface area contributed by atoms with E-state index in [1.54, 1.807) is 17.5 Å². The van der Waals surface area contributed by atoms with Crippen LogP contribution in [0.15, 0.2) is 18.3 Å². The maximum atomic E-state index is 9.00. The zero-order chi connectivity index (χ0) is 13.9. The van der Waals surface area contributed by atoms with E-state index in [0.29, 0.717) is 5.15 Å². The third-order valence-corrected chi connectivity index (χ3v) is 4.69. The number of thiophene rings is 1.